The molecule has 0 heterocycles. The minimum Gasteiger partial charge on any atom is -0.330 e. The van der Waals surface area contributed by atoms with Crippen molar-refractivity contribution in [2.24, 2.45) is 11.7 Å². The molecule has 0 saturated carbocycles. The summed E-state index contributed by atoms with van der Waals surface area (Å²) < 4.78 is 51.0. The van der Waals surface area contributed by atoms with E-state index in [1.54, 1.807) is 0 Å². The number of carbonyl (C=O) groups excluding carboxylic acids is 1. The predicted molar refractivity (Wildman–Crippen MR) is 72.1 cm³/mol. The number of hydrogen-bond donors (Lipinski definition) is 2. The van der Waals surface area contributed by atoms with Gasteiger partial charge in [0, 0.05) is 6.42 Å². The summed E-state index contributed by atoms with van der Waals surface area (Å²) in [5, 5.41) is 2.17. The van der Waals surface area contributed by atoms with Crippen LogP contribution in [0.2, 0.25) is 0 Å². The van der Waals surface area contributed by atoms with E-state index in [1.165, 1.54) is 0 Å². The Morgan fingerprint density at radius 1 is 1.33 bits per heavy atom. The van der Waals surface area contributed by atoms with Gasteiger partial charge >= 0.3 is 6.18 Å². The molecule has 0 aliphatic heterocycles. The van der Waals surface area contributed by atoms with Gasteiger partial charge in [-0.05, 0) is 43.5 Å². The van der Waals surface area contributed by atoms with E-state index in [-0.39, 0.29) is 12.3 Å². The Morgan fingerprint density at radius 2 is 2.00 bits per heavy atom. The van der Waals surface area contributed by atoms with Crippen molar-refractivity contribution in [1.82, 2.24) is 0 Å². The van der Waals surface area contributed by atoms with E-state index < -0.39 is 29.2 Å². The summed E-state index contributed by atoms with van der Waals surface area (Å²) in [5.74, 6) is -1.18. The second-order valence-corrected chi connectivity index (χ2v) is 4.96. The van der Waals surface area contributed by atoms with Crippen LogP contribution in [-0.2, 0) is 11.0 Å². The van der Waals surface area contributed by atoms with Gasteiger partial charge in [0.2, 0.25) is 5.91 Å². The number of hydrogen-bond acceptors (Lipinski definition) is 2. The monoisotopic (exact) mass is 306 g/mol. The van der Waals surface area contributed by atoms with E-state index >= 15 is 0 Å². The van der Waals surface area contributed by atoms with Crippen molar-refractivity contribution in [3.63, 3.8) is 0 Å². The number of amides is 1. The van der Waals surface area contributed by atoms with Crippen molar-refractivity contribution in [1.29, 1.82) is 0 Å². The molecule has 0 fully saturated rings. The molecule has 0 spiro atoms. The van der Waals surface area contributed by atoms with E-state index in [9.17, 15) is 22.4 Å². The second kappa shape index (κ2) is 7.40. The molecule has 1 rings (SSSR count). The van der Waals surface area contributed by atoms with Gasteiger partial charge in [-0.1, -0.05) is 6.92 Å². The third-order valence-corrected chi connectivity index (χ3v) is 3.09. The van der Waals surface area contributed by atoms with E-state index in [2.05, 4.69) is 5.32 Å². The van der Waals surface area contributed by atoms with Crippen molar-refractivity contribution >= 4 is 11.6 Å². The van der Waals surface area contributed by atoms with Crippen LogP contribution in [0.15, 0.2) is 18.2 Å². The Bertz CT molecular complexity index is 488. The van der Waals surface area contributed by atoms with Crippen molar-refractivity contribution in [2.45, 2.75) is 32.4 Å². The molecule has 1 unspecified atom stereocenters. The molecule has 0 bridgehead atoms. The van der Waals surface area contributed by atoms with Crippen LogP contribution in [0.5, 0.6) is 0 Å². The van der Waals surface area contributed by atoms with Crippen LogP contribution >= 0.6 is 0 Å². The van der Waals surface area contributed by atoms with E-state index in [4.69, 9.17) is 5.73 Å². The largest absolute Gasteiger partial charge is 0.416 e. The van der Waals surface area contributed by atoms with Crippen LogP contribution in [0.4, 0.5) is 23.2 Å². The molecule has 0 aromatic heterocycles. The van der Waals surface area contributed by atoms with Crippen LogP contribution < -0.4 is 11.1 Å². The van der Waals surface area contributed by atoms with Crippen LogP contribution in [-0.4, -0.2) is 12.5 Å². The molecular formula is C14H18F4N2O. The Kier molecular flexibility index (Phi) is 6.14. The maximum atomic E-state index is 13.4. The minimum absolute atomic E-state index is 0.108. The highest BCUT2D eigenvalue weighted by molar-refractivity contribution is 5.90. The van der Waals surface area contributed by atoms with Gasteiger partial charge in [-0.3, -0.25) is 4.79 Å². The summed E-state index contributed by atoms with van der Waals surface area (Å²) in [6.07, 6.45) is -3.17. The van der Waals surface area contributed by atoms with Crippen LogP contribution in [0.1, 0.15) is 31.7 Å². The minimum atomic E-state index is -4.58. The van der Waals surface area contributed by atoms with Gasteiger partial charge in [-0.15, -0.1) is 0 Å². The Balaban J connectivity index is 2.67. The lowest BCUT2D eigenvalue weighted by Crippen LogP contribution is -2.16. The summed E-state index contributed by atoms with van der Waals surface area (Å²) in [5.41, 5.74) is 3.92. The van der Waals surface area contributed by atoms with Gasteiger partial charge in [0.25, 0.3) is 0 Å². The SMILES string of the molecule is CC(CCN)CCC(=O)Nc1cc(C(F)(F)F)ccc1F. The third-order valence-electron chi connectivity index (χ3n) is 3.09. The summed E-state index contributed by atoms with van der Waals surface area (Å²) in [6, 6.07) is 1.92. The number of anilines is 1. The summed E-state index contributed by atoms with van der Waals surface area (Å²) in [4.78, 5) is 11.6. The zero-order chi connectivity index (χ0) is 16.0. The molecule has 1 aromatic rings. The van der Waals surface area contributed by atoms with Gasteiger partial charge in [0.05, 0.1) is 11.3 Å². The van der Waals surface area contributed by atoms with E-state index in [0.29, 0.717) is 31.2 Å². The predicted octanol–water partition coefficient (Wildman–Crippen LogP) is 3.55. The molecule has 21 heavy (non-hydrogen) atoms. The lowest BCUT2D eigenvalue weighted by atomic mass is 10.0. The third kappa shape index (κ3) is 5.71. The first-order valence-corrected chi connectivity index (χ1v) is 6.60. The number of alkyl halides is 3. The van der Waals surface area contributed by atoms with Crippen molar-refractivity contribution in [2.75, 3.05) is 11.9 Å². The first-order chi connectivity index (χ1) is 9.74. The number of carbonyl (C=O) groups is 1. The second-order valence-electron chi connectivity index (χ2n) is 4.96. The topological polar surface area (TPSA) is 55.1 Å². The lowest BCUT2D eigenvalue weighted by molar-refractivity contribution is -0.137. The van der Waals surface area contributed by atoms with Gasteiger partial charge < -0.3 is 11.1 Å². The normalized spacial score (nSPS) is 13.0. The smallest absolute Gasteiger partial charge is 0.330 e. The van der Waals surface area contributed by atoms with E-state index in [1.807, 2.05) is 6.92 Å². The van der Waals surface area contributed by atoms with Crippen LogP contribution in [0.3, 0.4) is 0 Å². The van der Waals surface area contributed by atoms with Gasteiger partial charge in [0.1, 0.15) is 5.82 Å². The molecule has 0 radical (unpaired) electrons. The van der Waals surface area contributed by atoms with Crippen LogP contribution in [0.25, 0.3) is 0 Å². The maximum Gasteiger partial charge on any atom is 0.416 e. The highest BCUT2D eigenvalue weighted by Gasteiger charge is 2.31. The Labute approximate surface area is 120 Å². The van der Waals surface area contributed by atoms with Gasteiger partial charge in [0.15, 0.2) is 0 Å². The summed E-state index contributed by atoms with van der Waals surface area (Å²) in [7, 11) is 0. The van der Waals surface area contributed by atoms with Crippen molar-refractivity contribution < 1.29 is 22.4 Å². The van der Waals surface area contributed by atoms with Crippen molar-refractivity contribution in [3.8, 4) is 0 Å². The number of nitrogens with one attached hydrogen (secondary N) is 1. The Morgan fingerprint density at radius 3 is 2.57 bits per heavy atom. The molecule has 1 aromatic carbocycles. The summed E-state index contributed by atoms with van der Waals surface area (Å²) >= 11 is 0. The highest BCUT2D eigenvalue weighted by atomic mass is 19.4. The molecule has 3 N–H and O–H groups in total. The average molecular weight is 306 g/mol. The molecular weight excluding hydrogens is 288 g/mol. The molecule has 0 aliphatic rings. The first-order valence-electron chi connectivity index (χ1n) is 6.60. The Hall–Kier alpha value is -1.63. The quantitative estimate of drug-likeness (QED) is 0.790. The zero-order valence-electron chi connectivity index (χ0n) is 11.6. The van der Waals surface area contributed by atoms with E-state index in [0.717, 1.165) is 6.42 Å². The number of rotatable bonds is 6. The molecule has 3 nitrogen and oxygen atoms in total. The number of nitrogens with two attached hydrogens (primary N) is 1. The average Bonchev–Trinajstić information content (AvgIpc) is 2.38. The fourth-order valence-corrected chi connectivity index (χ4v) is 1.82. The highest BCUT2D eigenvalue weighted by Crippen LogP contribution is 2.31. The number of benzene rings is 1. The molecule has 118 valence electrons. The lowest BCUT2D eigenvalue weighted by Gasteiger charge is -2.12. The molecule has 1 atom stereocenters. The standard InChI is InChI=1S/C14H18F4N2O/c1-9(6-7-19)2-5-13(21)20-12-8-10(14(16,17)18)3-4-11(12)15/h3-4,8-9H,2,5-7,19H2,1H3,(H,20,21). The first kappa shape index (κ1) is 17.4. The fraction of sp³-hybridized carbons (Fsp3) is 0.500. The van der Waals surface area contributed by atoms with Gasteiger partial charge in [-0.2, -0.15) is 13.2 Å². The maximum absolute atomic E-state index is 13.4. The molecule has 7 heteroatoms. The van der Waals surface area contributed by atoms with Crippen molar-refractivity contribution in [3.05, 3.63) is 29.6 Å². The molecule has 1 amide bonds. The molecule has 0 aliphatic carbocycles. The fourth-order valence-electron chi connectivity index (χ4n) is 1.82. The van der Waals surface area contributed by atoms with Gasteiger partial charge in [-0.25, -0.2) is 4.39 Å². The zero-order valence-corrected chi connectivity index (χ0v) is 11.6. The summed E-state index contributed by atoms with van der Waals surface area (Å²) in [6.45, 7) is 2.43. The number of halogens is 4. The molecule has 0 saturated heterocycles. The van der Waals surface area contributed by atoms with Crippen LogP contribution in [0, 0.1) is 11.7 Å².